The second-order valence-electron chi connectivity index (χ2n) is 7.42. The Labute approximate surface area is 185 Å². The second-order valence-corrected chi connectivity index (χ2v) is 7.82. The molecule has 0 unspecified atom stereocenters. The topological polar surface area (TPSA) is 171 Å². The molecule has 5 atom stereocenters. The average Bonchev–Trinajstić information content (AvgIpc) is 2.64. The Morgan fingerprint density at radius 2 is 1.55 bits per heavy atom. The van der Waals surface area contributed by atoms with Crippen molar-refractivity contribution in [2.45, 2.75) is 64.2 Å². The van der Waals surface area contributed by atoms with E-state index in [2.05, 4.69) is 10.6 Å². The maximum absolute atomic E-state index is 11.6. The molecule has 0 spiro atoms. The van der Waals surface area contributed by atoms with E-state index in [1.807, 2.05) is 6.92 Å². The van der Waals surface area contributed by atoms with Gasteiger partial charge < -0.3 is 35.4 Å². The molecule has 11 nitrogen and oxygen atoms in total. The van der Waals surface area contributed by atoms with E-state index in [4.69, 9.17) is 21.7 Å². The quantitative estimate of drug-likeness (QED) is 0.156. The molecule has 12 heteroatoms. The number of hydrogen-bond donors (Lipinski definition) is 5. The first kappa shape index (κ1) is 26.6. The summed E-state index contributed by atoms with van der Waals surface area (Å²) in [6.45, 7) is 3.42. The Morgan fingerprint density at radius 1 is 0.968 bits per heavy atom. The first-order valence-corrected chi connectivity index (χ1v) is 10.4. The van der Waals surface area contributed by atoms with Crippen molar-refractivity contribution < 1.29 is 44.0 Å². The molecule has 0 aromatic rings. The standard InChI is InChI=1S/C19H30N2O9S/c1-3-4-5-20-19(31)21-18-12(7-16(25)26)11(6-15(23)24)14(9-29-10(2)22)30-13(18)8-17(27)28/h11-14,18H,3-9H2,1-2H3,(H,23,24)(H,25,26)(H,27,28)(H2,20,21,31)/t11-,12+,13-,14-,18+/m0/s1. The molecule has 1 aliphatic heterocycles. The molecule has 0 bridgehead atoms. The number of unbranched alkanes of at least 4 members (excludes halogenated alkanes) is 1. The average molecular weight is 463 g/mol. The van der Waals surface area contributed by atoms with Crippen LogP contribution >= 0.6 is 12.2 Å². The van der Waals surface area contributed by atoms with Crippen molar-refractivity contribution >= 4 is 41.2 Å². The number of carboxylic acid groups (broad SMARTS) is 3. The molecule has 0 saturated carbocycles. The van der Waals surface area contributed by atoms with Gasteiger partial charge in [-0.05, 0) is 24.6 Å². The SMILES string of the molecule is CCCCNC(=S)N[C@@H]1[C@H](CC(=O)O)[C@H](CC(=O)O)[C@H](COC(C)=O)O[C@H]1CC(=O)O. The van der Waals surface area contributed by atoms with Crippen molar-refractivity contribution in [3.05, 3.63) is 0 Å². The van der Waals surface area contributed by atoms with Gasteiger partial charge in [-0.2, -0.15) is 0 Å². The van der Waals surface area contributed by atoms with Gasteiger partial charge in [0.1, 0.15) is 6.61 Å². The Bertz CT molecular complexity index is 673. The lowest BCUT2D eigenvalue weighted by molar-refractivity contribution is -0.179. The summed E-state index contributed by atoms with van der Waals surface area (Å²) in [6, 6.07) is -0.869. The monoisotopic (exact) mass is 462 g/mol. The molecule has 0 radical (unpaired) electrons. The van der Waals surface area contributed by atoms with Crippen LogP contribution in [0.5, 0.6) is 0 Å². The fraction of sp³-hybridized carbons (Fsp3) is 0.737. The molecular weight excluding hydrogens is 432 g/mol. The van der Waals surface area contributed by atoms with E-state index in [0.717, 1.165) is 12.8 Å². The van der Waals surface area contributed by atoms with Crippen LogP contribution in [0.1, 0.15) is 46.0 Å². The zero-order valence-corrected chi connectivity index (χ0v) is 18.4. The van der Waals surface area contributed by atoms with Crippen LogP contribution in [0, 0.1) is 11.8 Å². The third-order valence-electron chi connectivity index (χ3n) is 5.00. The molecule has 0 aromatic carbocycles. The van der Waals surface area contributed by atoms with E-state index in [1.165, 1.54) is 6.92 Å². The highest BCUT2D eigenvalue weighted by Crippen LogP contribution is 2.37. The third-order valence-corrected chi connectivity index (χ3v) is 5.26. The normalized spacial score (nSPS) is 25.3. The summed E-state index contributed by atoms with van der Waals surface area (Å²) >= 11 is 5.26. The lowest BCUT2D eigenvalue weighted by Gasteiger charge is -2.46. The first-order chi connectivity index (χ1) is 14.5. The van der Waals surface area contributed by atoms with Crippen molar-refractivity contribution in [2.24, 2.45) is 11.8 Å². The van der Waals surface area contributed by atoms with E-state index in [-0.39, 0.29) is 11.7 Å². The van der Waals surface area contributed by atoms with Crippen LogP contribution in [0.25, 0.3) is 0 Å². The fourth-order valence-electron chi connectivity index (χ4n) is 3.68. The number of hydrogen-bond acceptors (Lipinski definition) is 7. The maximum Gasteiger partial charge on any atom is 0.306 e. The minimum Gasteiger partial charge on any atom is -0.481 e. The highest BCUT2D eigenvalue weighted by Gasteiger charge is 2.48. The van der Waals surface area contributed by atoms with Crippen LogP contribution in [0.15, 0.2) is 0 Å². The van der Waals surface area contributed by atoms with Crippen LogP contribution in [-0.2, 0) is 28.7 Å². The number of rotatable bonds is 12. The van der Waals surface area contributed by atoms with Crippen LogP contribution in [0.3, 0.4) is 0 Å². The molecule has 0 aromatic heterocycles. The first-order valence-electron chi connectivity index (χ1n) is 10.0. The number of carbonyl (C=O) groups is 4. The number of esters is 1. The molecule has 0 aliphatic carbocycles. The van der Waals surface area contributed by atoms with Crippen molar-refractivity contribution in [3.8, 4) is 0 Å². The number of aliphatic carboxylic acids is 3. The van der Waals surface area contributed by atoms with E-state index in [1.54, 1.807) is 0 Å². The summed E-state index contributed by atoms with van der Waals surface area (Å²) in [5, 5.41) is 34.3. The van der Waals surface area contributed by atoms with Crippen LogP contribution in [0.2, 0.25) is 0 Å². The molecule has 176 valence electrons. The van der Waals surface area contributed by atoms with Crippen molar-refractivity contribution in [1.29, 1.82) is 0 Å². The van der Waals surface area contributed by atoms with Crippen LogP contribution in [-0.4, -0.2) is 75.7 Å². The number of nitrogens with one attached hydrogen (secondary N) is 2. The highest BCUT2D eigenvalue weighted by atomic mass is 32.1. The summed E-state index contributed by atoms with van der Waals surface area (Å²) in [4.78, 5) is 45.7. The molecule has 1 heterocycles. The number of carboxylic acids is 3. The Kier molecular flexibility index (Phi) is 11.2. The number of thiocarbonyl (C=S) groups is 1. The van der Waals surface area contributed by atoms with Crippen molar-refractivity contribution in [3.63, 3.8) is 0 Å². The highest BCUT2D eigenvalue weighted by molar-refractivity contribution is 7.80. The van der Waals surface area contributed by atoms with E-state index in [9.17, 15) is 34.5 Å². The molecule has 1 saturated heterocycles. The fourth-order valence-corrected chi connectivity index (χ4v) is 3.92. The summed E-state index contributed by atoms with van der Waals surface area (Å²) < 4.78 is 10.8. The van der Waals surface area contributed by atoms with Gasteiger partial charge in [0.15, 0.2) is 5.11 Å². The Balaban J connectivity index is 3.24. The lowest BCUT2D eigenvalue weighted by Crippen LogP contribution is -2.61. The maximum atomic E-state index is 11.6. The van der Waals surface area contributed by atoms with Gasteiger partial charge in [-0.25, -0.2) is 0 Å². The third kappa shape index (κ3) is 9.47. The molecule has 1 aliphatic rings. The minimum atomic E-state index is -1.18. The number of carbonyl (C=O) groups excluding carboxylic acids is 1. The molecule has 1 rings (SSSR count). The smallest absolute Gasteiger partial charge is 0.306 e. The largest absolute Gasteiger partial charge is 0.481 e. The molecule has 31 heavy (non-hydrogen) atoms. The van der Waals surface area contributed by atoms with Gasteiger partial charge in [0.05, 0.1) is 37.5 Å². The molecular formula is C19H30N2O9S. The lowest BCUT2D eigenvalue weighted by atomic mass is 9.73. The van der Waals surface area contributed by atoms with Crippen molar-refractivity contribution in [1.82, 2.24) is 10.6 Å². The predicted octanol–water partition coefficient (Wildman–Crippen LogP) is 0.606. The summed E-state index contributed by atoms with van der Waals surface area (Å²) in [7, 11) is 0. The summed E-state index contributed by atoms with van der Waals surface area (Å²) in [6.07, 6.45) is -1.59. The van der Waals surface area contributed by atoms with Gasteiger partial charge in [0.25, 0.3) is 0 Å². The molecule has 5 N–H and O–H groups in total. The van der Waals surface area contributed by atoms with Gasteiger partial charge in [0.2, 0.25) is 0 Å². The van der Waals surface area contributed by atoms with Crippen LogP contribution < -0.4 is 10.6 Å². The van der Waals surface area contributed by atoms with E-state index >= 15 is 0 Å². The summed E-state index contributed by atoms with van der Waals surface area (Å²) in [5.74, 6) is -5.86. The van der Waals surface area contributed by atoms with E-state index in [0.29, 0.717) is 6.54 Å². The van der Waals surface area contributed by atoms with Gasteiger partial charge in [-0.1, -0.05) is 13.3 Å². The second kappa shape index (κ2) is 13.1. The van der Waals surface area contributed by atoms with Gasteiger partial charge >= 0.3 is 23.9 Å². The van der Waals surface area contributed by atoms with Gasteiger partial charge in [0, 0.05) is 19.4 Å². The zero-order chi connectivity index (χ0) is 23.6. The summed E-state index contributed by atoms with van der Waals surface area (Å²) in [5.41, 5.74) is 0. The zero-order valence-electron chi connectivity index (χ0n) is 17.5. The van der Waals surface area contributed by atoms with Gasteiger partial charge in [-0.3, -0.25) is 19.2 Å². The number of ether oxygens (including phenoxy) is 2. The molecule has 1 fully saturated rings. The van der Waals surface area contributed by atoms with Gasteiger partial charge in [-0.15, -0.1) is 0 Å². The Hall–Kier alpha value is -2.47. The van der Waals surface area contributed by atoms with Crippen LogP contribution in [0.4, 0.5) is 0 Å². The van der Waals surface area contributed by atoms with E-state index < -0.39 is 73.2 Å². The predicted molar refractivity (Wildman–Crippen MR) is 111 cm³/mol. The minimum absolute atomic E-state index is 0.195. The molecule has 0 amide bonds. The van der Waals surface area contributed by atoms with Crippen molar-refractivity contribution in [2.75, 3.05) is 13.2 Å². The Morgan fingerprint density at radius 3 is 2.06 bits per heavy atom.